The number of hydrogen-bond acceptors (Lipinski definition) is 4. The quantitative estimate of drug-likeness (QED) is 0.795. The number of fused-ring (bicyclic) bond motifs is 1. The van der Waals surface area contributed by atoms with E-state index in [-0.39, 0.29) is 11.9 Å². The van der Waals surface area contributed by atoms with Crippen LogP contribution in [0.25, 0.3) is 5.65 Å². The van der Waals surface area contributed by atoms with E-state index in [9.17, 15) is 9.18 Å². The second-order valence-electron chi connectivity index (χ2n) is 6.17. The predicted octanol–water partition coefficient (Wildman–Crippen LogP) is 2.27. The highest BCUT2D eigenvalue weighted by Gasteiger charge is 2.24. The van der Waals surface area contributed by atoms with Crippen molar-refractivity contribution in [2.45, 2.75) is 18.9 Å². The van der Waals surface area contributed by atoms with Crippen molar-refractivity contribution in [3.63, 3.8) is 0 Å². The van der Waals surface area contributed by atoms with Gasteiger partial charge in [0.15, 0.2) is 5.65 Å². The smallest absolute Gasteiger partial charge is 0.251 e. The first-order chi connectivity index (χ1) is 12.2. The molecule has 0 atom stereocenters. The molecular weight excluding hydrogens is 321 g/mol. The minimum atomic E-state index is -0.402. The second kappa shape index (κ2) is 6.51. The molecule has 7 heteroatoms. The van der Waals surface area contributed by atoms with Gasteiger partial charge in [-0.05, 0) is 43.2 Å². The number of halogens is 1. The number of rotatable bonds is 3. The Kier molecular flexibility index (Phi) is 4.05. The molecule has 0 unspecified atom stereocenters. The summed E-state index contributed by atoms with van der Waals surface area (Å²) in [6.07, 6.45) is 3.56. The monoisotopic (exact) mass is 339 g/mol. The number of nitrogens with zero attached hydrogens (tertiary/aromatic N) is 4. The Morgan fingerprint density at radius 1 is 1.12 bits per heavy atom. The Balaban J connectivity index is 1.39. The normalized spacial score (nSPS) is 15.5. The van der Waals surface area contributed by atoms with Gasteiger partial charge in [0.1, 0.15) is 5.82 Å². The minimum Gasteiger partial charge on any atom is -0.349 e. The van der Waals surface area contributed by atoms with Gasteiger partial charge in [0.25, 0.3) is 5.91 Å². The molecule has 1 N–H and O–H groups in total. The van der Waals surface area contributed by atoms with Crippen LogP contribution in [-0.4, -0.2) is 39.6 Å². The topological polar surface area (TPSA) is 62.5 Å². The molecule has 0 aliphatic carbocycles. The molecule has 1 aromatic carbocycles. The zero-order valence-electron chi connectivity index (χ0n) is 13.6. The fraction of sp³-hybridized carbons (Fsp3) is 0.278. The zero-order chi connectivity index (χ0) is 17.2. The lowest BCUT2D eigenvalue weighted by molar-refractivity contribution is 0.0930. The van der Waals surface area contributed by atoms with Crippen molar-refractivity contribution in [2.75, 3.05) is 18.0 Å². The van der Waals surface area contributed by atoms with Crippen LogP contribution in [0.2, 0.25) is 0 Å². The third-order valence-corrected chi connectivity index (χ3v) is 4.50. The highest BCUT2D eigenvalue weighted by atomic mass is 19.1. The fourth-order valence-electron chi connectivity index (χ4n) is 3.17. The number of benzene rings is 1. The number of carbonyl (C=O) groups excluding carboxylic acids is 1. The molecule has 6 nitrogen and oxygen atoms in total. The Hall–Kier alpha value is -2.96. The van der Waals surface area contributed by atoms with Gasteiger partial charge in [0.2, 0.25) is 5.95 Å². The highest BCUT2D eigenvalue weighted by Crippen LogP contribution is 2.19. The molecule has 1 amide bonds. The minimum absolute atomic E-state index is 0.0752. The van der Waals surface area contributed by atoms with E-state index in [0.717, 1.165) is 37.5 Å². The number of piperidine rings is 1. The first-order valence-corrected chi connectivity index (χ1v) is 8.32. The number of aromatic nitrogens is 3. The van der Waals surface area contributed by atoms with Gasteiger partial charge in [-0.1, -0.05) is 12.1 Å². The van der Waals surface area contributed by atoms with Crippen LogP contribution >= 0.6 is 0 Å². The summed E-state index contributed by atoms with van der Waals surface area (Å²) in [7, 11) is 0. The van der Waals surface area contributed by atoms with E-state index in [1.165, 1.54) is 12.1 Å². The van der Waals surface area contributed by atoms with Crippen LogP contribution in [0.5, 0.6) is 0 Å². The van der Waals surface area contributed by atoms with Crippen molar-refractivity contribution in [1.29, 1.82) is 0 Å². The van der Waals surface area contributed by atoms with E-state index >= 15 is 0 Å². The maximum Gasteiger partial charge on any atom is 0.251 e. The van der Waals surface area contributed by atoms with Gasteiger partial charge in [-0.2, -0.15) is 0 Å². The van der Waals surface area contributed by atoms with Gasteiger partial charge in [-0.3, -0.25) is 9.20 Å². The lowest BCUT2D eigenvalue weighted by Crippen LogP contribution is -2.45. The van der Waals surface area contributed by atoms with Crippen LogP contribution < -0.4 is 10.2 Å². The van der Waals surface area contributed by atoms with Crippen molar-refractivity contribution in [1.82, 2.24) is 19.9 Å². The summed E-state index contributed by atoms with van der Waals surface area (Å²) in [5.74, 6) is 0.192. The molecular formula is C18H18FN5O. The first kappa shape index (κ1) is 15.6. The molecule has 3 heterocycles. The van der Waals surface area contributed by atoms with Crippen LogP contribution in [-0.2, 0) is 0 Å². The van der Waals surface area contributed by atoms with E-state index in [1.54, 1.807) is 12.1 Å². The van der Waals surface area contributed by atoms with Crippen molar-refractivity contribution in [3.8, 4) is 0 Å². The molecule has 1 aliphatic rings. The largest absolute Gasteiger partial charge is 0.349 e. The average molecular weight is 339 g/mol. The molecule has 25 heavy (non-hydrogen) atoms. The number of anilines is 1. The van der Waals surface area contributed by atoms with Gasteiger partial charge in [0.05, 0.1) is 0 Å². The summed E-state index contributed by atoms with van der Waals surface area (Å²) < 4.78 is 15.2. The Morgan fingerprint density at radius 3 is 2.76 bits per heavy atom. The van der Waals surface area contributed by atoms with Crippen LogP contribution in [0, 0.1) is 5.82 Å². The maximum atomic E-state index is 13.2. The Morgan fingerprint density at radius 2 is 1.96 bits per heavy atom. The summed E-state index contributed by atoms with van der Waals surface area (Å²) in [6.45, 7) is 1.56. The zero-order valence-corrected chi connectivity index (χ0v) is 13.6. The van der Waals surface area contributed by atoms with Crippen molar-refractivity contribution < 1.29 is 9.18 Å². The molecule has 1 aliphatic heterocycles. The fourth-order valence-corrected chi connectivity index (χ4v) is 3.17. The molecule has 4 rings (SSSR count). The summed E-state index contributed by atoms with van der Waals surface area (Å²) in [5.41, 5.74) is 1.17. The van der Waals surface area contributed by atoms with Crippen molar-refractivity contribution in [3.05, 3.63) is 60.0 Å². The summed E-state index contributed by atoms with van der Waals surface area (Å²) in [6, 6.07) is 11.6. The molecule has 0 spiro atoms. The molecule has 1 fully saturated rings. The van der Waals surface area contributed by atoms with Crippen LogP contribution in [0.1, 0.15) is 23.2 Å². The average Bonchev–Trinajstić information content (AvgIpc) is 3.06. The number of carbonyl (C=O) groups is 1. The Labute approximate surface area is 144 Å². The number of pyridine rings is 1. The van der Waals surface area contributed by atoms with E-state index in [0.29, 0.717) is 5.56 Å². The van der Waals surface area contributed by atoms with Crippen molar-refractivity contribution in [2.24, 2.45) is 0 Å². The first-order valence-electron chi connectivity index (χ1n) is 8.32. The maximum absolute atomic E-state index is 13.2. The van der Waals surface area contributed by atoms with Gasteiger partial charge < -0.3 is 10.2 Å². The number of hydrogen-bond donors (Lipinski definition) is 1. The standard InChI is InChI=1S/C18H18FN5O/c19-14-5-3-4-13(12-14)17(25)20-15-7-10-23(11-8-15)18-22-21-16-6-1-2-9-24(16)18/h1-6,9,12,15H,7-8,10-11H2,(H,20,25). The van der Waals surface area contributed by atoms with E-state index < -0.39 is 5.82 Å². The third-order valence-electron chi connectivity index (χ3n) is 4.50. The van der Waals surface area contributed by atoms with E-state index in [1.807, 2.05) is 28.8 Å². The molecule has 0 saturated carbocycles. The van der Waals surface area contributed by atoms with E-state index in [4.69, 9.17) is 0 Å². The molecule has 3 aromatic rings. The van der Waals surface area contributed by atoms with Gasteiger partial charge in [-0.25, -0.2) is 4.39 Å². The van der Waals surface area contributed by atoms with Crippen molar-refractivity contribution >= 4 is 17.5 Å². The van der Waals surface area contributed by atoms with Gasteiger partial charge in [-0.15, -0.1) is 10.2 Å². The lowest BCUT2D eigenvalue weighted by Gasteiger charge is -2.32. The van der Waals surface area contributed by atoms with Gasteiger partial charge >= 0.3 is 0 Å². The van der Waals surface area contributed by atoms with Gasteiger partial charge in [0, 0.05) is 30.9 Å². The third kappa shape index (κ3) is 3.17. The molecule has 0 bridgehead atoms. The molecule has 2 aromatic heterocycles. The lowest BCUT2D eigenvalue weighted by atomic mass is 10.0. The molecule has 1 saturated heterocycles. The highest BCUT2D eigenvalue weighted by molar-refractivity contribution is 5.94. The molecule has 128 valence electrons. The van der Waals surface area contributed by atoms with E-state index in [2.05, 4.69) is 20.4 Å². The second-order valence-corrected chi connectivity index (χ2v) is 6.17. The number of amides is 1. The van der Waals surface area contributed by atoms with Crippen LogP contribution in [0.3, 0.4) is 0 Å². The Bertz CT molecular complexity index is 901. The van der Waals surface area contributed by atoms with Crippen LogP contribution in [0.4, 0.5) is 10.3 Å². The summed E-state index contributed by atoms with van der Waals surface area (Å²) in [4.78, 5) is 14.4. The number of nitrogens with one attached hydrogen (secondary N) is 1. The summed E-state index contributed by atoms with van der Waals surface area (Å²) in [5, 5.41) is 11.4. The van der Waals surface area contributed by atoms with Crippen LogP contribution in [0.15, 0.2) is 48.7 Å². The predicted molar refractivity (Wildman–Crippen MR) is 92.1 cm³/mol. The summed E-state index contributed by atoms with van der Waals surface area (Å²) >= 11 is 0. The molecule has 0 radical (unpaired) electrons. The SMILES string of the molecule is O=C(NC1CCN(c2nnc3ccccn23)CC1)c1cccc(F)c1.